The summed E-state index contributed by atoms with van der Waals surface area (Å²) in [4.78, 5) is 1.43. The van der Waals surface area contributed by atoms with Gasteiger partial charge in [-0.3, -0.25) is 0 Å². The zero-order valence-electron chi connectivity index (χ0n) is 18.2. The van der Waals surface area contributed by atoms with Gasteiger partial charge in [-0.15, -0.1) is 23.1 Å². The van der Waals surface area contributed by atoms with Gasteiger partial charge in [0.05, 0.1) is 0 Å². The minimum Gasteiger partial charge on any atom is -0.135 e. The minimum absolute atomic E-state index is 0.172. The first-order valence-electron chi connectivity index (χ1n) is 11.2. The standard InChI is InChI=1S/C29H26S2/c1-4-18(2)19-13-14-29(3)25(17-19)24-16-21(10-12-28(24)31-29)20-9-11-27-23(15-20)22-7-5-6-8-26(22)30-27/h5-13,15-18H,4,14H2,1-3H3. The molecule has 1 aliphatic heterocycles. The van der Waals surface area contributed by atoms with Gasteiger partial charge in [0.15, 0.2) is 0 Å². The Kier molecular flexibility index (Phi) is 4.45. The maximum absolute atomic E-state index is 2.50. The lowest BCUT2D eigenvalue weighted by molar-refractivity contribution is 0.656. The molecular weight excluding hydrogens is 412 g/mol. The van der Waals surface area contributed by atoms with Crippen LogP contribution in [0.2, 0.25) is 0 Å². The fourth-order valence-electron chi connectivity index (χ4n) is 5.00. The molecule has 2 heteroatoms. The first kappa shape index (κ1) is 19.4. The molecule has 0 amide bonds. The molecule has 0 bridgehead atoms. The normalized spacial score (nSPS) is 21.0. The SMILES string of the molecule is CCC(C)C1=CCC2(C)Sc3ccc(-c4ccc5sc6ccccc6c5c4)cc3C2=C1. The van der Waals surface area contributed by atoms with E-state index in [1.54, 1.807) is 0 Å². The molecule has 0 fully saturated rings. The molecule has 0 N–H and O–H groups in total. The first-order valence-corrected chi connectivity index (χ1v) is 12.9. The van der Waals surface area contributed by atoms with E-state index >= 15 is 0 Å². The number of fused-ring (bicyclic) bond motifs is 6. The number of hydrogen-bond donors (Lipinski definition) is 0. The average Bonchev–Trinajstić information content (AvgIpc) is 3.31. The van der Waals surface area contributed by atoms with E-state index in [0.717, 1.165) is 6.42 Å². The molecule has 0 spiro atoms. The van der Waals surface area contributed by atoms with Gasteiger partial charge in [-0.1, -0.05) is 56.3 Å². The van der Waals surface area contributed by atoms with Crippen LogP contribution in [0.4, 0.5) is 0 Å². The third-order valence-corrected chi connectivity index (χ3v) is 9.67. The van der Waals surface area contributed by atoms with Crippen molar-refractivity contribution in [2.75, 3.05) is 0 Å². The van der Waals surface area contributed by atoms with Crippen molar-refractivity contribution in [1.82, 2.24) is 0 Å². The average molecular weight is 439 g/mol. The Labute approximate surface area is 192 Å². The molecule has 1 aliphatic carbocycles. The quantitative estimate of drug-likeness (QED) is 0.307. The van der Waals surface area contributed by atoms with Gasteiger partial charge in [0, 0.05) is 29.8 Å². The lowest BCUT2D eigenvalue weighted by Crippen LogP contribution is -2.20. The number of allylic oxidation sites excluding steroid dienone is 3. The Morgan fingerprint density at radius 3 is 2.58 bits per heavy atom. The second-order valence-electron chi connectivity index (χ2n) is 9.13. The van der Waals surface area contributed by atoms with E-state index in [0.29, 0.717) is 5.92 Å². The van der Waals surface area contributed by atoms with Crippen molar-refractivity contribution in [1.29, 1.82) is 0 Å². The van der Waals surface area contributed by atoms with Crippen LogP contribution >= 0.6 is 23.1 Å². The van der Waals surface area contributed by atoms with Crippen LogP contribution in [0.3, 0.4) is 0 Å². The number of hydrogen-bond acceptors (Lipinski definition) is 2. The molecular formula is C29H26S2. The van der Waals surface area contributed by atoms with E-state index in [2.05, 4.69) is 93.6 Å². The maximum Gasteiger partial charge on any atom is 0.0468 e. The van der Waals surface area contributed by atoms with E-state index in [-0.39, 0.29) is 4.75 Å². The molecule has 4 aromatic rings. The molecule has 1 aromatic heterocycles. The largest absolute Gasteiger partial charge is 0.135 e. The highest BCUT2D eigenvalue weighted by atomic mass is 32.2. The van der Waals surface area contributed by atoms with Gasteiger partial charge >= 0.3 is 0 Å². The molecule has 2 aliphatic rings. The van der Waals surface area contributed by atoms with Gasteiger partial charge in [0.1, 0.15) is 0 Å². The van der Waals surface area contributed by atoms with Gasteiger partial charge in [-0.05, 0) is 83.9 Å². The maximum atomic E-state index is 2.50. The summed E-state index contributed by atoms with van der Waals surface area (Å²) in [5, 5.41) is 2.74. The third-order valence-electron chi connectivity index (χ3n) is 7.10. The predicted octanol–water partition coefficient (Wildman–Crippen LogP) is 9.35. The van der Waals surface area contributed by atoms with Gasteiger partial charge in [-0.2, -0.15) is 0 Å². The summed E-state index contributed by atoms with van der Waals surface area (Å²) in [6, 6.07) is 22.8. The molecule has 0 saturated heterocycles. The molecule has 6 rings (SSSR count). The molecule has 0 nitrogen and oxygen atoms in total. The summed E-state index contributed by atoms with van der Waals surface area (Å²) in [6.07, 6.45) is 7.30. The summed E-state index contributed by atoms with van der Waals surface area (Å²) >= 11 is 3.93. The first-order chi connectivity index (χ1) is 15.1. The van der Waals surface area contributed by atoms with E-state index < -0.39 is 0 Å². The molecule has 0 radical (unpaired) electrons. The molecule has 31 heavy (non-hydrogen) atoms. The van der Waals surface area contributed by atoms with Crippen molar-refractivity contribution in [3.05, 3.63) is 84.0 Å². The summed E-state index contributed by atoms with van der Waals surface area (Å²) < 4.78 is 2.91. The lowest BCUT2D eigenvalue weighted by atomic mass is 9.81. The third kappa shape index (κ3) is 3.03. The number of thioether (sulfide) groups is 1. The van der Waals surface area contributed by atoms with Gasteiger partial charge in [0.2, 0.25) is 0 Å². The van der Waals surface area contributed by atoms with Crippen molar-refractivity contribution in [2.24, 2.45) is 5.92 Å². The Hall–Kier alpha value is -2.29. The summed E-state index contributed by atoms with van der Waals surface area (Å²) in [5.74, 6) is 0.628. The zero-order chi connectivity index (χ0) is 21.2. The highest BCUT2D eigenvalue weighted by Gasteiger charge is 2.40. The van der Waals surface area contributed by atoms with Crippen LogP contribution in [0, 0.1) is 5.92 Å². The van der Waals surface area contributed by atoms with Gasteiger partial charge in [0.25, 0.3) is 0 Å². The fraction of sp³-hybridized carbons (Fsp3) is 0.241. The van der Waals surface area contributed by atoms with Crippen LogP contribution in [0.5, 0.6) is 0 Å². The van der Waals surface area contributed by atoms with Crippen LogP contribution in [-0.2, 0) is 0 Å². The van der Waals surface area contributed by atoms with Crippen LogP contribution in [0.15, 0.2) is 83.3 Å². The van der Waals surface area contributed by atoms with Crippen molar-refractivity contribution in [3.63, 3.8) is 0 Å². The number of rotatable bonds is 3. The second-order valence-corrected chi connectivity index (χ2v) is 11.8. The molecule has 2 unspecified atom stereocenters. The van der Waals surface area contributed by atoms with Crippen LogP contribution < -0.4 is 0 Å². The fourth-order valence-corrected chi connectivity index (χ4v) is 7.43. The molecule has 154 valence electrons. The molecule has 2 heterocycles. The van der Waals surface area contributed by atoms with E-state index in [1.165, 1.54) is 59.3 Å². The number of thiophene rings is 1. The topological polar surface area (TPSA) is 0 Å². The van der Waals surface area contributed by atoms with Crippen molar-refractivity contribution in [2.45, 2.75) is 43.3 Å². The predicted molar refractivity (Wildman–Crippen MR) is 139 cm³/mol. The van der Waals surface area contributed by atoms with Crippen molar-refractivity contribution >= 4 is 48.8 Å². The summed E-state index contributed by atoms with van der Waals surface area (Å²) in [5.41, 5.74) is 7.11. The van der Waals surface area contributed by atoms with Gasteiger partial charge < -0.3 is 0 Å². The Morgan fingerprint density at radius 1 is 0.935 bits per heavy atom. The van der Waals surface area contributed by atoms with Crippen molar-refractivity contribution in [3.8, 4) is 11.1 Å². The Bertz CT molecular complexity index is 1400. The Morgan fingerprint density at radius 2 is 1.71 bits per heavy atom. The van der Waals surface area contributed by atoms with Crippen LogP contribution in [0.1, 0.15) is 39.2 Å². The number of benzene rings is 3. The van der Waals surface area contributed by atoms with Crippen molar-refractivity contribution < 1.29 is 0 Å². The van der Waals surface area contributed by atoms with Crippen LogP contribution in [0.25, 0.3) is 36.9 Å². The molecule has 2 atom stereocenters. The van der Waals surface area contributed by atoms with Crippen LogP contribution in [-0.4, -0.2) is 4.75 Å². The lowest BCUT2D eigenvalue weighted by Gasteiger charge is -2.29. The second kappa shape index (κ2) is 7.12. The van der Waals surface area contributed by atoms with Gasteiger partial charge in [-0.25, -0.2) is 0 Å². The smallest absolute Gasteiger partial charge is 0.0468 e. The minimum atomic E-state index is 0.172. The van der Waals surface area contributed by atoms with E-state index in [1.807, 2.05) is 23.1 Å². The Balaban J connectivity index is 1.47. The monoisotopic (exact) mass is 438 g/mol. The highest BCUT2D eigenvalue weighted by molar-refractivity contribution is 8.01. The molecule has 0 saturated carbocycles. The molecule has 3 aromatic carbocycles. The zero-order valence-corrected chi connectivity index (χ0v) is 19.9. The van der Waals surface area contributed by atoms with E-state index in [9.17, 15) is 0 Å². The summed E-state index contributed by atoms with van der Waals surface area (Å²) in [7, 11) is 0. The highest BCUT2D eigenvalue weighted by Crippen LogP contribution is 2.57. The summed E-state index contributed by atoms with van der Waals surface area (Å²) in [6.45, 7) is 7.06. The van der Waals surface area contributed by atoms with E-state index in [4.69, 9.17) is 0 Å².